The number of aromatic hydroxyl groups is 1. The molecule has 1 N–H and O–H groups in total. The van der Waals surface area contributed by atoms with Crippen LogP contribution in [0.4, 0.5) is 0 Å². The summed E-state index contributed by atoms with van der Waals surface area (Å²) in [7, 11) is 0. The Morgan fingerprint density at radius 1 is 1.33 bits per heavy atom. The van der Waals surface area contributed by atoms with Gasteiger partial charge in [-0.25, -0.2) is 0 Å². The summed E-state index contributed by atoms with van der Waals surface area (Å²) in [5.41, 5.74) is 0.893. The molecule has 0 aromatic heterocycles. The van der Waals surface area contributed by atoms with E-state index < -0.39 is 0 Å². The maximum absolute atomic E-state index is 10.9. The van der Waals surface area contributed by atoms with Crippen molar-refractivity contribution in [3.8, 4) is 5.75 Å². The summed E-state index contributed by atoms with van der Waals surface area (Å²) in [6.45, 7) is 3.20. The molecule has 0 bridgehead atoms. The zero-order valence-electron chi connectivity index (χ0n) is 10.2. The van der Waals surface area contributed by atoms with E-state index in [9.17, 15) is 9.90 Å². The molecule has 0 spiro atoms. The summed E-state index contributed by atoms with van der Waals surface area (Å²) in [4.78, 5) is 11.5. The summed E-state index contributed by atoms with van der Waals surface area (Å²) < 4.78 is 5.12. The Kier molecular flexibility index (Phi) is 3.48. The van der Waals surface area contributed by atoms with Crippen LogP contribution >= 0.6 is 12.6 Å². The molecule has 4 heteroatoms. The van der Waals surface area contributed by atoms with Crippen molar-refractivity contribution in [1.29, 1.82) is 0 Å². The maximum atomic E-state index is 10.9. The van der Waals surface area contributed by atoms with Crippen molar-refractivity contribution >= 4 is 29.4 Å². The third-order valence-electron chi connectivity index (χ3n) is 2.81. The Labute approximate surface area is 111 Å². The third-order valence-corrected chi connectivity index (χ3v) is 3.17. The smallest absolute Gasteiger partial charge is 0.303 e. The lowest BCUT2D eigenvalue weighted by molar-refractivity contribution is -0.145. The van der Waals surface area contributed by atoms with Crippen molar-refractivity contribution < 1.29 is 14.6 Å². The summed E-state index contributed by atoms with van der Waals surface area (Å²) >= 11 is 4.17. The standard InChI is InChI=1S/C14H14O3S/c1-8(17-9(2)15)10-3-5-12-11(7-10)4-6-13(18)14(12)16/h3-8,16,18H,1-2H3. The lowest BCUT2D eigenvalue weighted by atomic mass is 10.0. The van der Waals surface area contributed by atoms with Crippen LogP contribution in [0.5, 0.6) is 5.75 Å². The summed E-state index contributed by atoms with van der Waals surface area (Å²) in [5, 5.41) is 11.5. The van der Waals surface area contributed by atoms with Crippen molar-refractivity contribution in [3.63, 3.8) is 0 Å². The molecule has 2 aromatic carbocycles. The van der Waals surface area contributed by atoms with Crippen LogP contribution in [0.3, 0.4) is 0 Å². The van der Waals surface area contributed by atoms with Crippen molar-refractivity contribution in [2.45, 2.75) is 24.8 Å². The van der Waals surface area contributed by atoms with Crippen LogP contribution in [0.1, 0.15) is 25.5 Å². The number of thiol groups is 1. The molecule has 0 aliphatic carbocycles. The van der Waals surface area contributed by atoms with E-state index in [0.717, 1.165) is 16.3 Å². The quantitative estimate of drug-likeness (QED) is 0.643. The van der Waals surface area contributed by atoms with Gasteiger partial charge in [-0.15, -0.1) is 12.6 Å². The van der Waals surface area contributed by atoms with Gasteiger partial charge in [0.05, 0.1) is 0 Å². The number of hydrogen-bond acceptors (Lipinski definition) is 4. The first-order chi connectivity index (χ1) is 8.49. The van der Waals surface area contributed by atoms with Gasteiger partial charge in [0.2, 0.25) is 0 Å². The zero-order valence-corrected chi connectivity index (χ0v) is 11.1. The van der Waals surface area contributed by atoms with Crippen molar-refractivity contribution in [3.05, 3.63) is 35.9 Å². The highest BCUT2D eigenvalue weighted by molar-refractivity contribution is 7.80. The number of phenols is 1. The number of fused-ring (bicyclic) bond motifs is 1. The predicted molar refractivity (Wildman–Crippen MR) is 73.0 cm³/mol. The first-order valence-corrected chi connectivity index (χ1v) is 6.05. The van der Waals surface area contributed by atoms with Gasteiger partial charge in [0.25, 0.3) is 0 Å². The number of benzene rings is 2. The molecule has 2 rings (SSSR count). The Balaban J connectivity index is 2.45. The lowest BCUT2D eigenvalue weighted by Gasteiger charge is -2.13. The lowest BCUT2D eigenvalue weighted by Crippen LogP contribution is -2.04. The summed E-state index contributed by atoms with van der Waals surface area (Å²) in [6, 6.07) is 9.15. The first kappa shape index (κ1) is 12.8. The minimum absolute atomic E-state index is 0.169. The number of phenolic OH excluding ortho intramolecular Hbond substituents is 1. The second kappa shape index (κ2) is 4.90. The van der Waals surface area contributed by atoms with Gasteiger partial charge in [0, 0.05) is 17.2 Å². The normalized spacial score (nSPS) is 12.4. The van der Waals surface area contributed by atoms with Crippen LogP contribution < -0.4 is 0 Å². The highest BCUT2D eigenvalue weighted by Gasteiger charge is 2.10. The fourth-order valence-electron chi connectivity index (χ4n) is 1.89. The zero-order chi connectivity index (χ0) is 13.3. The molecule has 94 valence electrons. The predicted octanol–water partition coefficient (Wildman–Crippen LogP) is 3.46. The largest absolute Gasteiger partial charge is 0.506 e. The topological polar surface area (TPSA) is 46.5 Å². The van der Waals surface area contributed by atoms with Gasteiger partial charge in [-0.05, 0) is 30.0 Å². The molecule has 0 radical (unpaired) electrons. The Morgan fingerprint density at radius 3 is 2.72 bits per heavy atom. The van der Waals surface area contributed by atoms with Gasteiger partial charge in [-0.3, -0.25) is 4.79 Å². The molecule has 0 aliphatic rings. The van der Waals surface area contributed by atoms with Gasteiger partial charge in [0.1, 0.15) is 11.9 Å². The number of ether oxygens (including phenoxy) is 1. The van der Waals surface area contributed by atoms with E-state index >= 15 is 0 Å². The first-order valence-electron chi connectivity index (χ1n) is 5.61. The SMILES string of the molecule is CC(=O)OC(C)c1ccc2c(O)c(S)ccc2c1. The molecule has 3 nitrogen and oxygen atoms in total. The van der Waals surface area contributed by atoms with Gasteiger partial charge in [-0.1, -0.05) is 18.2 Å². The minimum Gasteiger partial charge on any atom is -0.506 e. The molecule has 0 heterocycles. The fourth-order valence-corrected chi connectivity index (χ4v) is 2.09. The maximum Gasteiger partial charge on any atom is 0.303 e. The number of hydrogen-bond donors (Lipinski definition) is 2. The molecular weight excluding hydrogens is 248 g/mol. The molecule has 0 fully saturated rings. The molecule has 0 saturated carbocycles. The van der Waals surface area contributed by atoms with E-state index in [0.29, 0.717) is 4.90 Å². The monoisotopic (exact) mass is 262 g/mol. The molecule has 2 aromatic rings. The highest BCUT2D eigenvalue weighted by Crippen LogP contribution is 2.32. The van der Waals surface area contributed by atoms with E-state index in [2.05, 4.69) is 12.6 Å². The second-order valence-corrected chi connectivity index (χ2v) is 4.65. The van der Waals surface area contributed by atoms with Crippen LogP contribution in [-0.2, 0) is 9.53 Å². The average Bonchev–Trinajstić information content (AvgIpc) is 2.32. The van der Waals surface area contributed by atoms with Crippen LogP contribution in [0.25, 0.3) is 10.8 Å². The van der Waals surface area contributed by atoms with Crippen molar-refractivity contribution in [1.82, 2.24) is 0 Å². The van der Waals surface area contributed by atoms with Crippen LogP contribution in [0.2, 0.25) is 0 Å². The molecule has 0 saturated heterocycles. The summed E-state index contributed by atoms with van der Waals surface area (Å²) in [6.07, 6.45) is -0.301. The summed E-state index contributed by atoms with van der Waals surface area (Å²) in [5.74, 6) is -0.140. The number of carbonyl (C=O) groups excluding carboxylic acids is 1. The highest BCUT2D eigenvalue weighted by atomic mass is 32.1. The van der Waals surface area contributed by atoms with E-state index in [1.54, 1.807) is 12.1 Å². The van der Waals surface area contributed by atoms with Crippen LogP contribution in [0, 0.1) is 0 Å². The van der Waals surface area contributed by atoms with E-state index in [1.807, 2.05) is 25.1 Å². The van der Waals surface area contributed by atoms with Crippen LogP contribution in [-0.4, -0.2) is 11.1 Å². The van der Waals surface area contributed by atoms with Gasteiger partial charge in [-0.2, -0.15) is 0 Å². The van der Waals surface area contributed by atoms with E-state index in [1.165, 1.54) is 6.92 Å². The Morgan fingerprint density at radius 2 is 2.06 bits per heavy atom. The van der Waals surface area contributed by atoms with Gasteiger partial charge < -0.3 is 9.84 Å². The van der Waals surface area contributed by atoms with Gasteiger partial charge in [0.15, 0.2) is 0 Å². The van der Waals surface area contributed by atoms with E-state index in [-0.39, 0.29) is 17.8 Å². The molecule has 0 aliphatic heterocycles. The molecule has 1 atom stereocenters. The van der Waals surface area contributed by atoms with Crippen molar-refractivity contribution in [2.75, 3.05) is 0 Å². The molecule has 1 unspecified atom stereocenters. The number of esters is 1. The van der Waals surface area contributed by atoms with Gasteiger partial charge >= 0.3 is 5.97 Å². The fraction of sp³-hybridized carbons (Fsp3) is 0.214. The Hall–Kier alpha value is -1.68. The van der Waals surface area contributed by atoms with E-state index in [4.69, 9.17) is 4.74 Å². The molecule has 18 heavy (non-hydrogen) atoms. The van der Waals surface area contributed by atoms with Crippen LogP contribution in [0.15, 0.2) is 35.2 Å². The third kappa shape index (κ3) is 2.43. The average molecular weight is 262 g/mol. The molecule has 0 amide bonds. The van der Waals surface area contributed by atoms with Crippen molar-refractivity contribution in [2.24, 2.45) is 0 Å². The number of rotatable bonds is 2. The Bertz CT molecular complexity index is 607. The second-order valence-electron chi connectivity index (χ2n) is 4.17. The molecular formula is C14H14O3S. The number of carbonyl (C=O) groups is 1. The minimum atomic E-state index is -0.309.